The molecule has 2 N–H and O–H groups in total. The van der Waals surface area contributed by atoms with Gasteiger partial charge in [-0.25, -0.2) is 8.42 Å². The topological polar surface area (TPSA) is 58.2 Å². The molecule has 1 saturated carbocycles. The van der Waals surface area contributed by atoms with E-state index in [1.165, 1.54) is 44.2 Å². The molecule has 6 heteroatoms. The zero-order valence-electron chi connectivity index (χ0n) is 13.3. The Labute approximate surface area is 148 Å². The molecule has 0 spiro atoms. The number of benzene rings is 2. The SMILES string of the molecule is O=S(=O)(Nc1ccc(NC2CCCCC2)cc1)c1cccc(Cl)c1. The standard InChI is InChI=1S/C18H21ClN2O2S/c19-14-5-4-8-18(13-14)24(22,23)21-17-11-9-16(10-12-17)20-15-6-2-1-3-7-15/h4-5,8-13,15,20-21H,1-3,6-7H2. The molecule has 24 heavy (non-hydrogen) atoms. The van der Waals surface area contributed by atoms with Crippen molar-refractivity contribution in [1.82, 2.24) is 0 Å². The van der Waals surface area contributed by atoms with E-state index >= 15 is 0 Å². The van der Waals surface area contributed by atoms with Gasteiger partial charge in [-0.15, -0.1) is 0 Å². The zero-order valence-corrected chi connectivity index (χ0v) is 14.9. The monoisotopic (exact) mass is 364 g/mol. The normalized spacial score (nSPS) is 15.9. The van der Waals surface area contributed by atoms with Crippen molar-refractivity contribution < 1.29 is 8.42 Å². The van der Waals surface area contributed by atoms with E-state index in [0.717, 1.165) is 5.69 Å². The molecule has 0 bridgehead atoms. The van der Waals surface area contributed by atoms with E-state index in [1.54, 1.807) is 24.3 Å². The van der Waals surface area contributed by atoms with Crippen LogP contribution in [0.15, 0.2) is 53.4 Å². The van der Waals surface area contributed by atoms with E-state index in [2.05, 4.69) is 10.0 Å². The van der Waals surface area contributed by atoms with Crippen LogP contribution in [0.2, 0.25) is 5.02 Å². The summed E-state index contributed by atoms with van der Waals surface area (Å²) < 4.78 is 27.3. The maximum Gasteiger partial charge on any atom is 0.261 e. The first-order valence-electron chi connectivity index (χ1n) is 8.18. The lowest BCUT2D eigenvalue weighted by atomic mass is 9.95. The molecular formula is C18H21ClN2O2S. The van der Waals surface area contributed by atoms with Crippen LogP contribution in [0, 0.1) is 0 Å². The van der Waals surface area contributed by atoms with Crippen LogP contribution in [0.4, 0.5) is 11.4 Å². The first-order valence-corrected chi connectivity index (χ1v) is 10.0. The van der Waals surface area contributed by atoms with Gasteiger partial charge >= 0.3 is 0 Å². The van der Waals surface area contributed by atoms with Crippen LogP contribution in [0.25, 0.3) is 0 Å². The Morgan fingerprint density at radius 3 is 2.25 bits per heavy atom. The van der Waals surface area contributed by atoms with Crippen LogP contribution in [-0.4, -0.2) is 14.5 Å². The third kappa shape index (κ3) is 4.42. The van der Waals surface area contributed by atoms with Crippen molar-refractivity contribution in [2.45, 2.75) is 43.0 Å². The van der Waals surface area contributed by atoms with Crippen LogP contribution >= 0.6 is 11.6 Å². The van der Waals surface area contributed by atoms with E-state index < -0.39 is 10.0 Å². The van der Waals surface area contributed by atoms with Crippen LogP contribution in [0.1, 0.15) is 32.1 Å². The van der Waals surface area contributed by atoms with Gasteiger partial charge in [-0.2, -0.15) is 0 Å². The number of nitrogens with one attached hydrogen (secondary N) is 2. The van der Waals surface area contributed by atoms with E-state index in [0.29, 0.717) is 16.8 Å². The molecular weight excluding hydrogens is 344 g/mol. The summed E-state index contributed by atoms with van der Waals surface area (Å²) >= 11 is 5.87. The fraction of sp³-hybridized carbons (Fsp3) is 0.333. The Kier molecular flexibility index (Phi) is 5.31. The summed E-state index contributed by atoms with van der Waals surface area (Å²) in [6.45, 7) is 0. The smallest absolute Gasteiger partial charge is 0.261 e. The minimum Gasteiger partial charge on any atom is -0.382 e. The van der Waals surface area contributed by atoms with Gasteiger partial charge < -0.3 is 5.32 Å². The lowest BCUT2D eigenvalue weighted by Crippen LogP contribution is -2.22. The van der Waals surface area contributed by atoms with E-state index in [4.69, 9.17) is 11.6 Å². The summed E-state index contributed by atoms with van der Waals surface area (Å²) in [5.41, 5.74) is 1.55. The molecule has 2 aromatic carbocycles. The second-order valence-corrected chi connectivity index (χ2v) is 8.24. The number of anilines is 2. The summed E-state index contributed by atoms with van der Waals surface area (Å²) in [5.74, 6) is 0. The molecule has 3 rings (SSSR count). The van der Waals surface area contributed by atoms with Gasteiger partial charge in [0.25, 0.3) is 10.0 Å². The highest BCUT2D eigenvalue weighted by Gasteiger charge is 2.15. The fourth-order valence-corrected chi connectivity index (χ4v) is 4.32. The van der Waals surface area contributed by atoms with Gasteiger partial charge in [-0.3, -0.25) is 4.72 Å². The molecule has 0 saturated heterocycles. The van der Waals surface area contributed by atoms with Gasteiger partial charge in [0, 0.05) is 22.4 Å². The maximum atomic E-state index is 12.4. The van der Waals surface area contributed by atoms with Crippen molar-refractivity contribution in [1.29, 1.82) is 0 Å². The lowest BCUT2D eigenvalue weighted by molar-refractivity contribution is 0.463. The molecule has 2 aromatic rings. The Morgan fingerprint density at radius 1 is 0.917 bits per heavy atom. The average molecular weight is 365 g/mol. The van der Waals surface area contributed by atoms with E-state index in [1.807, 2.05) is 12.1 Å². The summed E-state index contributed by atoms with van der Waals surface area (Å²) in [4.78, 5) is 0.152. The number of halogens is 1. The molecule has 0 amide bonds. The number of sulfonamides is 1. The summed E-state index contributed by atoms with van der Waals surface area (Å²) in [6, 6.07) is 14.1. The van der Waals surface area contributed by atoms with E-state index in [9.17, 15) is 8.42 Å². The molecule has 0 unspecified atom stereocenters. The van der Waals surface area contributed by atoms with Crippen molar-refractivity contribution in [2.24, 2.45) is 0 Å². The van der Waals surface area contributed by atoms with Gasteiger partial charge in [-0.05, 0) is 55.3 Å². The molecule has 1 aliphatic carbocycles. The van der Waals surface area contributed by atoms with E-state index in [-0.39, 0.29) is 4.90 Å². The largest absolute Gasteiger partial charge is 0.382 e. The maximum absolute atomic E-state index is 12.4. The molecule has 0 heterocycles. The second kappa shape index (κ2) is 7.45. The summed E-state index contributed by atoms with van der Waals surface area (Å²) in [5, 5.41) is 3.91. The molecule has 0 aliphatic heterocycles. The highest BCUT2D eigenvalue weighted by atomic mass is 35.5. The molecule has 1 fully saturated rings. The Morgan fingerprint density at radius 2 is 1.58 bits per heavy atom. The van der Waals surface area contributed by atoms with Gasteiger partial charge in [0.05, 0.1) is 4.90 Å². The molecule has 0 atom stereocenters. The number of hydrogen-bond donors (Lipinski definition) is 2. The third-order valence-corrected chi connectivity index (χ3v) is 5.83. The first-order chi connectivity index (χ1) is 11.5. The van der Waals surface area contributed by atoms with Crippen LogP contribution in [0.3, 0.4) is 0 Å². The predicted molar refractivity (Wildman–Crippen MR) is 99.2 cm³/mol. The summed E-state index contributed by atoms with van der Waals surface area (Å²) in [7, 11) is -3.63. The van der Waals surface area contributed by atoms with Crippen molar-refractivity contribution in [3.63, 3.8) is 0 Å². The highest BCUT2D eigenvalue weighted by molar-refractivity contribution is 7.92. The highest BCUT2D eigenvalue weighted by Crippen LogP contribution is 2.24. The molecule has 128 valence electrons. The Hall–Kier alpha value is -1.72. The third-order valence-electron chi connectivity index (χ3n) is 4.22. The fourth-order valence-electron chi connectivity index (χ4n) is 2.97. The number of rotatable bonds is 5. The van der Waals surface area contributed by atoms with Crippen molar-refractivity contribution >= 4 is 33.0 Å². The second-order valence-electron chi connectivity index (χ2n) is 6.12. The first kappa shape index (κ1) is 17.1. The molecule has 0 aromatic heterocycles. The molecule has 4 nitrogen and oxygen atoms in total. The molecule has 0 radical (unpaired) electrons. The predicted octanol–water partition coefficient (Wildman–Crippen LogP) is 4.89. The van der Waals surface area contributed by atoms with Gasteiger partial charge in [0.15, 0.2) is 0 Å². The zero-order chi connectivity index (χ0) is 17.0. The number of hydrogen-bond acceptors (Lipinski definition) is 3. The molecule has 1 aliphatic rings. The minimum absolute atomic E-state index is 0.152. The van der Waals surface area contributed by atoms with Crippen molar-refractivity contribution in [3.05, 3.63) is 53.6 Å². The van der Waals surface area contributed by atoms with Crippen LogP contribution in [0.5, 0.6) is 0 Å². The quantitative estimate of drug-likeness (QED) is 0.794. The van der Waals surface area contributed by atoms with Crippen molar-refractivity contribution in [3.8, 4) is 0 Å². The van der Waals surface area contributed by atoms with Crippen LogP contribution < -0.4 is 10.0 Å². The van der Waals surface area contributed by atoms with Crippen molar-refractivity contribution in [2.75, 3.05) is 10.0 Å². The Balaban J connectivity index is 1.67. The van der Waals surface area contributed by atoms with Gasteiger partial charge in [0.1, 0.15) is 0 Å². The lowest BCUT2D eigenvalue weighted by Gasteiger charge is -2.24. The average Bonchev–Trinajstić information content (AvgIpc) is 2.57. The summed E-state index contributed by atoms with van der Waals surface area (Å²) in [6.07, 6.45) is 6.26. The Bertz CT molecular complexity index is 785. The minimum atomic E-state index is -3.63. The van der Waals surface area contributed by atoms with Gasteiger partial charge in [-0.1, -0.05) is 36.9 Å². The van der Waals surface area contributed by atoms with Gasteiger partial charge in [0.2, 0.25) is 0 Å². The van der Waals surface area contributed by atoms with Crippen LogP contribution in [-0.2, 0) is 10.0 Å².